The van der Waals surface area contributed by atoms with Gasteiger partial charge in [-0.05, 0) is 36.4 Å². The number of esters is 1. The molecule has 3 N–H and O–H groups in total. The molecule has 34 heavy (non-hydrogen) atoms. The van der Waals surface area contributed by atoms with Crippen LogP contribution in [0, 0.1) is 0 Å². The molecule has 0 aliphatic carbocycles. The summed E-state index contributed by atoms with van der Waals surface area (Å²) in [7, 11) is -3.93. The molecule has 0 saturated carbocycles. The van der Waals surface area contributed by atoms with E-state index in [0.717, 1.165) is 0 Å². The third-order valence-electron chi connectivity index (χ3n) is 4.79. The van der Waals surface area contributed by atoms with Gasteiger partial charge in [-0.15, -0.1) is 0 Å². The van der Waals surface area contributed by atoms with Gasteiger partial charge in [0.25, 0.3) is 5.91 Å². The van der Waals surface area contributed by atoms with Gasteiger partial charge in [0.15, 0.2) is 6.61 Å². The highest BCUT2D eigenvalue weighted by atomic mass is 32.2. The van der Waals surface area contributed by atoms with Crippen LogP contribution in [0.25, 0.3) is 11.0 Å². The lowest BCUT2D eigenvalue weighted by Crippen LogP contribution is -2.21. The van der Waals surface area contributed by atoms with Crippen molar-refractivity contribution in [1.29, 1.82) is 0 Å². The fraction of sp³-hybridized carbons (Fsp3) is 0.0833. The number of sulfonamides is 1. The lowest BCUT2D eigenvalue weighted by atomic mass is 10.1. The number of nitrogens with two attached hydrogens (primary N) is 1. The summed E-state index contributed by atoms with van der Waals surface area (Å²) in [5, 5.41) is 8.24. The Kier molecular flexibility index (Phi) is 6.62. The minimum Gasteiger partial charge on any atom is -0.489 e. The van der Waals surface area contributed by atoms with Gasteiger partial charge >= 0.3 is 5.97 Å². The summed E-state index contributed by atoms with van der Waals surface area (Å²) < 4.78 is 39.5. The van der Waals surface area contributed by atoms with E-state index in [1.54, 1.807) is 30.3 Å². The van der Waals surface area contributed by atoms with Crippen LogP contribution in [0.5, 0.6) is 5.75 Å². The fourth-order valence-electron chi connectivity index (χ4n) is 3.22. The van der Waals surface area contributed by atoms with Crippen LogP contribution >= 0.6 is 0 Å². The van der Waals surface area contributed by atoms with Crippen molar-refractivity contribution in [2.24, 2.45) is 5.14 Å². The molecule has 0 fully saturated rings. The van der Waals surface area contributed by atoms with Crippen molar-refractivity contribution in [2.75, 3.05) is 11.9 Å². The first-order valence-corrected chi connectivity index (χ1v) is 11.6. The largest absolute Gasteiger partial charge is 0.489 e. The van der Waals surface area contributed by atoms with Crippen LogP contribution in [0.15, 0.2) is 88.2 Å². The molecule has 10 heteroatoms. The van der Waals surface area contributed by atoms with Crippen molar-refractivity contribution in [3.05, 3.63) is 90.2 Å². The molecule has 0 aliphatic rings. The van der Waals surface area contributed by atoms with Gasteiger partial charge in [-0.2, -0.15) is 0 Å². The van der Waals surface area contributed by atoms with Gasteiger partial charge in [0.2, 0.25) is 15.8 Å². The van der Waals surface area contributed by atoms with E-state index in [2.05, 4.69) is 5.32 Å². The lowest BCUT2D eigenvalue weighted by molar-refractivity contribution is -0.119. The minimum absolute atomic E-state index is 0.0536. The normalized spacial score (nSPS) is 11.2. The first-order chi connectivity index (χ1) is 16.3. The van der Waals surface area contributed by atoms with Crippen molar-refractivity contribution < 1.29 is 31.9 Å². The van der Waals surface area contributed by atoms with E-state index in [1.165, 1.54) is 24.3 Å². The number of hydrogen-bond acceptors (Lipinski definition) is 7. The fourth-order valence-corrected chi connectivity index (χ4v) is 3.78. The Morgan fingerprint density at radius 1 is 0.941 bits per heavy atom. The standard InChI is InChI=1S/C24H20N2O7S/c25-34(29,30)18-10-6-7-16(13-18)26-22(27)15-32-24(28)23-20(14-31-17-8-2-1-3-9-17)19-11-4-5-12-21(19)33-23/h1-13H,14-15H2,(H,26,27)(H2,25,29,30). The molecule has 0 spiro atoms. The number of amides is 1. The third-order valence-corrected chi connectivity index (χ3v) is 5.70. The zero-order valence-electron chi connectivity index (χ0n) is 17.8. The zero-order chi connectivity index (χ0) is 24.1. The summed E-state index contributed by atoms with van der Waals surface area (Å²) >= 11 is 0. The van der Waals surface area contributed by atoms with Gasteiger partial charge in [-0.3, -0.25) is 4.79 Å². The molecular formula is C24H20N2O7S. The Morgan fingerprint density at radius 2 is 1.68 bits per heavy atom. The van der Waals surface area contributed by atoms with Gasteiger partial charge in [0.05, 0.1) is 10.5 Å². The molecule has 0 bridgehead atoms. The van der Waals surface area contributed by atoms with Crippen molar-refractivity contribution >= 4 is 38.6 Å². The van der Waals surface area contributed by atoms with Crippen molar-refractivity contribution in [1.82, 2.24) is 0 Å². The molecule has 9 nitrogen and oxygen atoms in total. The summed E-state index contributed by atoms with van der Waals surface area (Å²) in [4.78, 5) is 24.8. The number of anilines is 1. The second kappa shape index (κ2) is 9.77. The summed E-state index contributed by atoms with van der Waals surface area (Å²) in [5.41, 5.74) is 1.16. The van der Waals surface area contributed by atoms with E-state index < -0.39 is 28.5 Å². The van der Waals surface area contributed by atoms with E-state index in [9.17, 15) is 18.0 Å². The van der Waals surface area contributed by atoms with Crippen molar-refractivity contribution in [3.8, 4) is 5.75 Å². The van der Waals surface area contributed by atoms with Crippen LogP contribution in [-0.4, -0.2) is 26.9 Å². The summed E-state index contributed by atoms with van der Waals surface area (Å²) in [5.74, 6) is -0.955. The molecule has 0 radical (unpaired) electrons. The highest BCUT2D eigenvalue weighted by molar-refractivity contribution is 7.89. The van der Waals surface area contributed by atoms with Gasteiger partial charge in [0, 0.05) is 11.1 Å². The molecule has 174 valence electrons. The highest BCUT2D eigenvalue weighted by Crippen LogP contribution is 2.28. The minimum atomic E-state index is -3.93. The highest BCUT2D eigenvalue weighted by Gasteiger charge is 2.23. The Labute approximate surface area is 195 Å². The van der Waals surface area contributed by atoms with Crippen LogP contribution < -0.4 is 15.2 Å². The van der Waals surface area contributed by atoms with Gasteiger partial charge in [-0.1, -0.05) is 42.5 Å². The molecule has 4 aromatic rings. The number of carbonyl (C=O) groups is 2. The van der Waals surface area contributed by atoms with E-state index in [0.29, 0.717) is 22.3 Å². The summed E-state index contributed by atoms with van der Waals surface area (Å²) in [6, 6.07) is 21.6. The average molecular weight is 480 g/mol. The number of rotatable bonds is 8. The number of primary sulfonamides is 1. The van der Waals surface area contributed by atoms with Crippen LogP contribution in [0.4, 0.5) is 5.69 Å². The maximum atomic E-state index is 12.7. The molecular weight excluding hydrogens is 460 g/mol. The predicted molar refractivity (Wildman–Crippen MR) is 124 cm³/mol. The predicted octanol–water partition coefficient (Wildman–Crippen LogP) is 3.45. The van der Waals surface area contributed by atoms with Crippen LogP contribution in [0.2, 0.25) is 0 Å². The quantitative estimate of drug-likeness (QED) is 0.368. The number of nitrogens with one attached hydrogen (secondary N) is 1. The van der Waals surface area contributed by atoms with E-state index in [4.69, 9.17) is 19.0 Å². The van der Waals surface area contributed by atoms with Crippen LogP contribution in [0.3, 0.4) is 0 Å². The Balaban J connectivity index is 1.46. The summed E-state index contributed by atoms with van der Waals surface area (Å²) in [6.45, 7) is -0.563. The number of para-hydroxylation sites is 2. The van der Waals surface area contributed by atoms with Crippen LogP contribution in [-0.2, 0) is 26.2 Å². The Hall–Kier alpha value is -4.15. The number of benzene rings is 3. The second-order valence-corrected chi connectivity index (χ2v) is 8.77. The molecule has 1 aromatic heterocycles. The zero-order valence-corrected chi connectivity index (χ0v) is 18.6. The number of hydrogen-bond donors (Lipinski definition) is 2. The number of furan rings is 1. The number of ether oxygens (including phenoxy) is 2. The van der Waals surface area contributed by atoms with E-state index in [1.807, 2.05) is 24.3 Å². The van der Waals surface area contributed by atoms with Crippen molar-refractivity contribution in [2.45, 2.75) is 11.5 Å². The molecule has 3 aromatic carbocycles. The van der Waals surface area contributed by atoms with Gasteiger partial charge in [-0.25, -0.2) is 18.4 Å². The lowest BCUT2D eigenvalue weighted by Gasteiger charge is -2.08. The topological polar surface area (TPSA) is 138 Å². The first-order valence-electron chi connectivity index (χ1n) is 10.1. The molecule has 1 amide bonds. The Morgan fingerprint density at radius 3 is 2.44 bits per heavy atom. The number of carbonyl (C=O) groups excluding carboxylic acids is 2. The molecule has 0 unspecified atom stereocenters. The smallest absolute Gasteiger partial charge is 0.375 e. The van der Waals surface area contributed by atoms with Crippen LogP contribution in [0.1, 0.15) is 16.1 Å². The molecule has 0 atom stereocenters. The second-order valence-electron chi connectivity index (χ2n) is 7.20. The SMILES string of the molecule is NS(=O)(=O)c1cccc(NC(=O)COC(=O)c2oc3ccccc3c2COc2ccccc2)c1. The molecule has 0 aliphatic heterocycles. The van der Waals surface area contributed by atoms with E-state index in [-0.39, 0.29) is 22.9 Å². The maximum Gasteiger partial charge on any atom is 0.375 e. The molecule has 4 rings (SSSR count). The Bertz CT molecular complexity index is 1450. The van der Waals surface area contributed by atoms with Gasteiger partial charge in [0.1, 0.15) is 17.9 Å². The van der Waals surface area contributed by atoms with Gasteiger partial charge < -0.3 is 19.2 Å². The monoisotopic (exact) mass is 480 g/mol. The van der Waals surface area contributed by atoms with E-state index >= 15 is 0 Å². The average Bonchev–Trinajstić information content (AvgIpc) is 3.20. The maximum absolute atomic E-state index is 12.7. The first kappa shape index (κ1) is 23.0. The molecule has 1 heterocycles. The van der Waals surface area contributed by atoms with Crippen molar-refractivity contribution in [3.63, 3.8) is 0 Å². The third kappa shape index (κ3) is 5.42. The summed E-state index contributed by atoms with van der Waals surface area (Å²) in [6.07, 6.45) is 0. The number of fused-ring (bicyclic) bond motifs is 1. The molecule has 0 saturated heterocycles.